The number of piperidine rings is 1. The van der Waals surface area contributed by atoms with Crippen molar-refractivity contribution in [1.82, 2.24) is 30.1 Å². The van der Waals surface area contributed by atoms with E-state index >= 15 is 0 Å². The van der Waals surface area contributed by atoms with Crippen LogP contribution in [0.5, 0.6) is 0 Å². The van der Waals surface area contributed by atoms with Crippen LogP contribution in [0.4, 0.5) is 9.57 Å². The van der Waals surface area contributed by atoms with Crippen LogP contribution >= 0.6 is 0 Å². The lowest BCUT2D eigenvalue weighted by atomic mass is 10.0. The number of rotatable bonds is 8. The summed E-state index contributed by atoms with van der Waals surface area (Å²) in [7, 11) is -4.79. The van der Waals surface area contributed by atoms with Gasteiger partial charge in [0.25, 0.3) is 11.8 Å². The van der Waals surface area contributed by atoms with Gasteiger partial charge in [-0.05, 0) is 36.2 Å². The molecule has 15 nitrogen and oxygen atoms in total. The summed E-state index contributed by atoms with van der Waals surface area (Å²) in [6, 6.07) is 8.22. The number of carbonyl (C=O) groups excluding carboxylic acids is 5. The summed E-state index contributed by atoms with van der Waals surface area (Å²) in [6.45, 7) is 1.60. The van der Waals surface area contributed by atoms with E-state index in [-0.39, 0.29) is 42.8 Å². The van der Waals surface area contributed by atoms with E-state index in [1.165, 1.54) is 22.9 Å². The summed E-state index contributed by atoms with van der Waals surface area (Å²) in [5, 5.41) is 10.3. The number of anilines is 1. The third-order valence-electron chi connectivity index (χ3n) is 8.26. The van der Waals surface area contributed by atoms with E-state index < -0.39 is 50.8 Å². The number of amides is 5. The number of nitrogens with zero attached hydrogens (tertiary/aromatic N) is 6. The SMILES string of the molecule is NC(Cc1cn(Cc2ccc(S(=O)(=O)F)cc2)nn1)C(=O)N1CCN(c2cccc3c2C(=O)N(C2CCC(=O)NC2=O)C3=O)CC1. The lowest BCUT2D eigenvalue weighted by Gasteiger charge is -2.37. The van der Waals surface area contributed by atoms with E-state index in [2.05, 4.69) is 15.6 Å². The molecule has 2 aromatic carbocycles. The maximum absolute atomic E-state index is 13.5. The van der Waals surface area contributed by atoms with E-state index in [4.69, 9.17) is 5.73 Å². The standard InChI is InChI=1S/C29H29FN8O7S/c30-46(44,45)19-6-4-17(5-7-19)15-37-16-18(33-34-37)14-21(31)28(42)36-12-10-35(11-13-36)22-3-1-2-20-25(22)29(43)38(27(20)41)23-8-9-24(39)32-26(23)40/h1-7,16,21,23H,8-15,31H2,(H,32,39,40). The fourth-order valence-electron chi connectivity index (χ4n) is 5.93. The van der Waals surface area contributed by atoms with Crippen LogP contribution in [0.2, 0.25) is 0 Å². The molecule has 0 spiro atoms. The molecule has 2 atom stereocenters. The molecule has 1 aromatic heterocycles. The zero-order chi connectivity index (χ0) is 32.7. The molecule has 3 aromatic rings. The van der Waals surface area contributed by atoms with E-state index in [1.54, 1.807) is 23.2 Å². The van der Waals surface area contributed by atoms with Gasteiger partial charge >= 0.3 is 10.2 Å². The van der Waals surface area contributed by atoms with Crippen molar-refractivity contribution < 1.29 is 36.3 Å². The van der Waals surface area contributed by atoms with Crippen LogP contribution in [0, 0.1) is 0 Å². The van der Waals surface area contributed by atoms with Gasteiger partial charge in [-0.15, -0.1) is 8.98 Å². The summed E-state index contributed by atoms with van der Waals surface area (Å²) in [5.41, 5.74) is 8.30. The fraction of sp³-hybridized carbons (Fsp3) is 0.345. The summed E-state index contributed by atoms with van der Waals surface area (Å²) >= 11 is 0. The zero-order valence-corrected chi connectivity index (χ0v) is 25.2. The van der Waals surface area contributed by atoms with Gasteiger partial charge in [-0.3, -0.25) is 34.2 Å². The minimum absolute atomic E-state index is 0.0278. The van der Waals surface area contributed by atoms with Crippen molar-refractivity contribution in [2.24, 2.45) is 5.73 Å². The molecule has 5 amide bonds. The molecule has 3 aliphatic rings. The molecule has 0 radical (unpaired) electrons. The molecule has 3 aliphatic heterocycles. The first kappa shape index (κ1) is 31.0. The Hall–Kier alpha value is -5.03. The van der Waals surface area contributed by atoms with Gasteiger partial charge in [0, 0.05) is 45.2 Å². The Morgan fingerprint density at radius 1 is 1.02 bits per heavy atom. The molecule has 2 unspecified atom stereocenters. The first-order valence-corrected chi connectivity index (χ1v) is 15.9. The number of nitrogens with one attached hydrogen (secondary N) is 1. The Morgan fingerprint density at radius 3 is 2.41 bits per heavy atom. The number of hydrogen-bond acceptors (Lipinski definition) is 11. The Bertz CT molecular complexity index is 1850. The smallest absolute Gasteiger partial charge is 0.332 e. The van der Waals surface area contributed by atoms with Crippen molar-refractivity contribution in [2.75, 3.05) is 31.1 Å². The van der Waals surface area contributed by atoms with Gasteiger partial charge in [0.15, 0.2) is 0 Å². The van der Waals surface area contributed by atoms with Crippen LogP contribution in [0.1, 0.15) is 44.8 Å². The number of halogens is 1. The molecule has 6 rings (SSSR count). The Morgan fingerprint density at radius 2 is 1.74 bits per heavy atom. The second kappa shape index (κ2) is 12.1. The number of fused-ring (bicyclic) bond motifs is 1. The summed E-state index contributed by atoms with van der Waals surface area (Å²) < 4.78 is 36.7. The van der Waals surface area contributed by atoms with Gasteiger partial charge in [0.05, 0.1) is 40.0 Å². The highest BCUT2D eigenvalue weighted by molar-refractivity contribution is 7.86. The fourth-order valence-corrected chi connectivity index (χ4v) is 6.39. The number of benzene rings is 2. The Kier molecular flexibility index (Phi) is 8.11. The molecule has 46 heavy (non-hydrogen) atoms. The van der Waals surface area contributed by atoms with Crippen LogP contribution in [0.25, 0.3) is 0 Å². The van der Waals surface area contributed by atoms with Gasteiger partial charge in [-0.2, -0.15) is 8.42 Å². The van der Waals surface area contributed by atoms with Crippen molar-refractivity contribution in [3.05, 3.63) is 71.0 Å². The lowest BCUT2D eigenvalue weighted by Crippen LogP contribution is -2.54. The molecule has 2 saturated heterocycles. The number of carbonyl (C=O) groups is 5. The highest BCUT2D eigenvalue weighted by Crippen LogP contribution is 2.34. The van der Waals surface area contributed by atoms with Crippen molar-refractivity contribution in [2.45, 2.75) is 42.8 Å². The Labute approximate surface area is 262 Å². The van der Waals surface area contributed by atoms with Gasteiger partial charge in [0.1, 0.15) is 6.04 Å². The number of nitrogens with two attached hydrogens (primary N) is 1. The minimum Gasteiger partial charge on any atom is -0.367 e. The minimum atomic E-state index is -4.79. The van der Waals surface area contributed by atoms with Crippen molar-refractivity contribution in [3.8, 4) is 0 Å². The number of hydrogen-bond donors (Lipinski definition) is 2. The van der Waals surface area contributed by atoms with Crippen LogP contribution in [0.3, 0.4) is 0 Å². The maximum Gasteiger partial charge on any atom is 0.332 e. The molecule has 240 valence electrons. The van der Waals surface area contributed by atoms with Crippen LogP contribution in [-0.2, 0) is 37.6 Å². The average Bonchev–Trinajstić information content (AvgIpc) is 3.57. The molecule has 3 N–H and O–H groups in total. The highest BCUT2D eigenvalue weighted by Gasteiger charge is 2.46. The summed E-state index contributed by atoms with van der Waals surface area (Å²) in [6.07, 6.45) is 1.83. The topological polar surface area (TPSA) is 198 Å². The number of piperazine rings is 1. The zero-order valence-electron chi connectivity index (χ0n) is 24.3. The Balaban J connectivity index is 1.06. The molecule has 2 fully saturated rings. The van der Waals surface area contributed by atoms with Crippen LogP contribution in [0.15, 0.2) is 53.6 Å². The monoisotopic (exact) mass is 652 g/mol. The first-order chi connectivity index (χ1) is 21.9. The van der Waals surface area contributed by atoms with Gasteiger partial charge < -0.3 is 15.5 Å². The summed E-state index contributed by atoms with van der Waals surface area (Å²) in [4.78, 5) is 67.9. The third-order valence-corrected chi connectivity index (χ3v) is 9.10. The molecular formula is C29H29FN8O7S. The van der Waals surface area contributed by atoms with E-state index in [0.717, 1.165) is 17.0 Å². The maximum atomic E-state index is 13.5. The second-order valence-corrected chi connectivity index (χ2v) is 12.6. The number of aromatic nitrogens is 3. The quantitative estimate of drug-likeness (QED) is 0.237. The van der Waals surface area contributed by atoms with E-state index in [9.17, 15) is 36.3 Å². The normalized spacial score (nSPS) is 19.3. The predicted octanol–water partition coefficient (Wildman–Crippen LogP) is -0.396. The van der Waals surface area contributed by atoms with Gasteiger partial charge in [0.2, 0.25) is 17.7 Å². The van der Waals surface area contributed by atoms with Crippen LogP contribution in [-0.4, -0.2) is 101 Å². The van der Waals surface area contributed by atoms with Gasteiger partial charge in [-0.25, -0.2) is 4.68 Å². The first-order valence-electron chi connectivity index (χ1n) is 14.5. The average molecular weight is 653 g/mol. The second-order valence-electron chi connectivity index (χ2n) is 11.3. The van der Waals surface area contributed by atoms with E-state index in [1.807, 2.05) is 4.90 Å². The van der Waals surface area contributed by atoms with Crippen molar-refractivity contribution >= 4 is 45.4 Å². The molecule has 0 bridgehead atoms. The molecular weight excluding hydrogens is 623 g/mol. The van der Waals surface area contributed by atoms with Gasteiger partial charge in [-0.1, -0.05) is 23.4 Å². The third kappa shape index (κ3) is 5.97. The largest absolute Gasteiger partial charge is 0.367 e. The van der Waals surface area contributed by atoms with E-state index in [0.29, 0.717) is 43.1 Å². The summed E-state index contributed by atoms with van der Waals surface area (Å²) in [5.74, 6) is -2.59. The molecule has 17 heteroatoms. The van der Waals surface area contributed by atoms with Crippen molar-refractivity contribution in [3.63, 3.8) is 0 Å². The molecule has 4 heterocycles. The predicted molar refractivity (Wildman–Crippen MR) is 157 cm³/mol. The van der Waals surface area contributed by atoms with Crippen molar-refractivity contribution in [1.29, 1.82) is 0 Å². The molecule has 0 saturated carbocycles. The highest BCUT2D eigenvalue weighted by atomic mass is 32.3. The van der Waals surface area contributed by atoms with Crippen LogP contribution < -0.4 is 16.0 Å². The lowest BCUT2D eigenvalue weighted by molar-refractivity contribution is -0.136. The number of imide groups is 2. The molecule has 0 aliphatic carbocycles.